The number of aromatic nitrogens is 4. The summed E-state index contributed by atoms with van der Waals surface area (Å²) in [5.41, 5.74) is 11.0. The Morgan fingerprint density at radius 2 is 0.839 bits per heavy atom. The third-order valence-corrected chi connectivity index (χ3v) is 11.5. The van der Waals surface area contributed by atoms with Crippen LogP contribution < -0.4 is 0 Å². The summed E-state index contributed by atoms with van der Waals surface area (Å²) in [5.74, 6) is 0.653. The van der Waals surface area contributed by atoms with Gasteiger partial charge in [-0.1, -0.05) is 152 Å². The van der Waals surface area contributed by atoms with Crippen LogP contribution in [0.2, 0.25) is 0 Å². The van der Waals surface area contributed by atoms with Gasteiger partial charge in [0.15, 0.2) is 0 Å². The molecule has 260 valence electrons. The standard InChI is InChI=1S/C52H32N4/c1-3-15-33(16-4-1)34-27-28-36-32-37(30-29-35(36)31-34)49-41-21-9-12-24-44(41)53-52(54-49)56-46-26-14-11-23-43(46)48-47-42-22-10-13-25-45(42)55(38-17-5-2-6-18-38)50(47)39-19-7-8-20-40(39)51(48)56/h1-32H. The van der Waals surface area contributed by atoms with E-state index in [2.05, 4.69) is 203 Å². The van der Waals surface area contributed by atoms with Gasteiger partial charge in [-0.25, -0.2) is 9.97 Å². The van der Waals surface area contributed by atoms with Crippen LogP contribution in [0, 0.1) is 0 Å². The van der Waals surface area contributed by atoms with Gasteiger partial charge in [0.2, 0.25) is 5.95 Å². The van der Waals surface area contributed by atoms with E-state index in [4.69, 9.17) is 9.97 Å². The van der Waals surface area contributed by atoms with E-state index in [-0.39, 0.29) is 0 Å². The molecule has 0 aliphatic heterocycles. The molecule has 0 aliphatic rings. The molecule has 0 radical (unpaired) electrons. The number of hydrogen-bond donors (Lipinski definition) is 0. The van der Waals surface area contributed by atoms with Crippen molar-refractivity contribution in [1.82, 2.24) is 19.1 Å². The zero-order valence-electron chi connectivity index (χ0n) is 30.3. The van der Waals surface area contributed by atoms with Gasteiger partial charge < -0.3 is 4.57 Å². The number of rotatable bonds is 4. The van der Waals surface area contributed by atoms with E-state index in [9.17, 15) is 0 Å². The van der Waals surface area contributed by atoms with E-state index in [0.717, 1.165) is 44.3 Å². The van der Waals surface area contributed by atoms with E-state index in [1.807, 2.05) is 0 Å². The van der Waals surface area contributed by atoms with Gasteiger partial charge in [0, 0.05) is 49.0 Å². The zero-order chi connectivity index (χ0) is 36.7. The number of fused-ring (bicyclic) bond motifs is 12. The first-order chi connectivity index (χ1) is 27.8. The minimum atomic E-state index is 0.653. The quantitative estimate of drug-likeness (QED) is 0.182. The van der Waals surface area contributed by atoms with E-state index in [0.29, 0.717) is 5.95 Å². The van der Waals surface area contributed by atoms with E-state index >= 15 is 0 Å². The molecule has 0 saturated heterocycles. The number of para-hydroxylation sites is 4. The Morgan fingerprint density at radius 3 is 1.52 bits per heavy atom. The third kappa shape index (κ3) is 4.47. The van der Waals surface area contributed by atoms with Crippen LogP contribution >= 0.6 is 0 Å². The fraction of sp³-hybridized carbons (Fsp3) is 0. The molecule has 56 heavy (non-hydrogen) atoms. The van der Waals surface area contributed by atoms with Crippen molar-refractivity contribution in [3.63, 3.8) is 0 Å². The van der Waals surface area contributed by atoms with E-state index in [1.54, 1.807) is 0 Å². The fourth-order valence-electron chi connectivity index (χ4n) is 9.03. The molecule has 0 spiro atoms. The SMILES string of the molecule is c1ccc(-c2ccc3cc(-c4nc(-n5c6ccccc6c6c7c8ccccc8n(-c8ccccc8)c7c7ccccc7c65)nc5ccccc45)ccc3c2)cc1. The molecule has 0 amide bonds. The second-order valence-electron chi connectivity index (χ2n) is 14.6. The highest BCUT2D eigenvalue weighted by molar-refractivity contribution is 6.37. The summed E-state index contributed by atoms with van der Waals surface area (Å²) in [6.45, 7) is 0. The van der Waals surface area contributed by atoms with E-state index < -0.39 is 0 Å². The predicted molar refractivity (Wildman–Crippen MR) is 234 cm³/mol. The molecule has 3 heterocycles. The molecule has 3 aromatic heterocycles. The highest BCUT2D eigenvalue weighted by Gasteiger charge is 2.25. The van der Waals surface area contributed by atoms with Gasteiger partial charge in [0.25, 0.3) is 0 Å². The fourth-order valence-corrected chi connectivity index (χ4v) is 9.03. The van der Waals surface area contributed by atoms with Gasteiger partial charge in [0.05, 0.1) is 33.3 Å². The van der Waals surface area contributed by atoms with Gasteiger partial charge in [-0.05, 0) is 64.4 Å². The van der Waals surface area contributed by atoms with Crippen LogP contribution in [0.5, 0.6) is 0 Å². The topological polar surface area (TPSA) is 35.6 Å². The zero-order valence-corrected chi connectivity index (χ0v) is 30.3. The molecule has 12 aromatic rings. The van der Waals surface area contributed by atoms with Crippen molar-refractivity contribution in [1.29, 1.82) is 0 Å². The molecule has 0 unspecified atom stereocenters. The van der Waals surface area contributed by atoms with Gasteiger partial charge in [0.1, 0.15) is 0 Å². The smallest absolute Gasteiger partial charge is 0.235 e. The Labute approximate surface area is 322 Å². The Bertz CT molecular complexity index is 3520. The van der Waals surface area contributed by atoms with Crippen LogP contribution in [0.3, 0.4) is 0 Å². The van der Waals surface area contributed by atoms with Crippen molar-refractivity contribution in [3.8, 4) is 34.0 Å². The summed E-state index contributed by atoms with van der Waals surface area (Å²) < 4.78 is 4.75. The Morgan fingerprint density at radius 1 is 0.339 bits per heavy atom. The summed E-state index contributed by atoms with van der Waals surface area (Å²) in [4.78, 5) is 10.9. The minimum Gasteiger partial charge on any atom is -0.309 e. The molecule has 0 aliphatic carbocycles. The average molecular weight is 713 g/mol. The maximum absolute atomic E-state index is 5.53. The predicted octanol–water partition coefficient (Wildman–Crippen LogP) is 13.5. The van der Waals surface area contributed by atoms with Crippen molar-refractivity contribution >= 4 is 76.1 Å². The summed E-state index contributed by atoms with van der Waals surface area (Å²) in [7, 11) is 0. The highest BCUT2D eigenvalue weighted by atomic mass is 15.2. The van der Waals surface area contributed by atoms with Crippen molar-refractivity contribution in [2.45, 2.75) is 0 Å². The number of benzene rings is 9. The first-order valence-corrected chi connectivity index (χ1v) is 19.1. The van der Waals surface area contributed by atoms with Gasteiger partial charge in [-0.3, -0.25) is 4.57 Å². The van der Waals surface area contributed by atoms with Crippen molar-refractivity contribution in [3.05, 3.63) is 194 Å². The van der Waals surface area contributed by atoms with Crippen molar-refractivity contribution in [2.24, 2.45) is 0 Å². The Hall–Kier alpha value is -7.56. The first-order valence-electron chi connectivity index (χ1n) is 19.1. The van der Waals surface area contributed by atoms with Crippen LogP contribution in [-0.4, -0.2) is 19.1 Å². The maximum Gasteiger partial charge on any atom is 0.235 e. The van der Waals surface area contributed by atoms with Gasteiger partial charge in [-0.2, -0.15) is 0 Å². The van der Waals surface area contributed by atoms with E-state index in [1.165, 1.54) is 59.9 Å². The summed E-state index contributed by atoms with van der Waals surface area (Å²) >= 11 is 0. The molecule has 0 bridgehead atoms. The molecule has 4 heteroatoms. The number of nitrogens with zero attached hydrogens (tertiary/aromatic N) is 4. The molecule has 4 nitrogen and oxygen atoms in total. The van der Waals surface area contributed by atoms with Crippen LogP contribution in [0.15, 0.2) is 194 Å². The molecule has 9 aromatic carbocycles. The van der Waals surface area contributed by atoms with Crippen molar-refractivity contribution in [2.75, 3.05) is 0 Å². The summed E-state index contributed by atoms with van der Waals surface area (Å²) in [6.07, 6.45) is 0. The molecular weight excluding hydrogens is 681 g/mol. The lowest BCUT2D eigenvalue weighted by molar-refractivity contribution is 1.02. The lowest BCUT2D eigenvalue weighted by Gasteiger charge is -2.14. The van der Waals surface area contributed by atoms with Gasteiger partial charge in [-0.15, -0.1) is 0 Å². The minimum absolute atomic E-state index is 0.653. The lowest BCUT2D eigenvalue weighted by Crippen LogP contribution is -2.04. The summed E-state index contributed by atoms with van der Waals surface area (Å²) in [6, 6.07) is 69.5. The van der Waals surface area contributed by atoms with Crippen LogP contribution in [0.1, 0.15) is 0 Å². The summed E-state index contributed by atoms with van der Waals surface area (Å²) in [5, 5.41) is 10.6. The number of hydrogen-bond acceptors (Lipinski definition) is 2. The molecule has 0 atom stereocenters. The molecular formula is C52H32N4. The van der Waals surface area contributed by atoms with Crippen LogP contribution in [-0.2, 0) is 0 Å². The second-order valence-corrected chi connectivity index (χ2v) is 14.6. The van der Waals surface area contributed by atoms with Crippen molar-refractivity contribution < 1.29 is 0 Å². The molecule has 0 saturated carbocycles. The normalized spacial score (nSPS) is 11.9. The Kier molecular flexibility index (Phi) is 6.60. The average Bonchev–Trinajstić information content (AvgIpc) is 3.80. The van der Waals surface area contributed by atoms with Crippen LogP contribution in [0.4, 0.5) is 0 Å². The lowest BCUT2D eigenvalue weighted by atomic mass is 9.98. The molecule has 12 rings (SSSR count). The molecule has 0 fully saturated rings. The third-order valence-electron chi connectivity index (χ3n) is 11.5. The largest absolute Gasteiger partial charge is 0.309 e. The highest BCUT2D eigenvalue weighted by Crippen LogP contribution is 2.47. The second kappa shape index (κ2) is 12.0. The van der Waals surface area contributed by atoms with Crippen LogP contribution in [0.25, 0.3) is 110 Å². The first kappa shape index (κ1) is 30.9. The maximum atomic E-state index is 5.53. The molecule has 0 N–H and O–H groups in total. The monoisotopic (exact) mass is 712 g/mol. The Balaban J connectivity index is 1.18. The van der Waals surface area contributed by atoms with Gasteiger partial charge >= 0.3 is 0 Å².